The Kier molecular flexibility index (Phi) is 2.72. The fourth-order valence-electron chi connectivity index (χ4n) is 2.38. The third-order valence-electron chi connectivity index (χ3n) is 3.64. The molecule has 0 N–H and O–H groups in total. The van der Waals surface area contributed by atoms with Gasteiger partial charge in [0.15, 0.2) is 12.4 Å². The quantitative estimate of drug-likeness (QED) is 0.625. The zero-order valence-electron chi connectivity index (χ0n) is 10.9. The van der Waals surface area contributed by atoms with Gasteiger partial charge >= 0.3 is 0 Å². The minimum Gasteiger partial charge on any atom is -0.619 e. The largest absolute Gasteiger partial charge is 0.619 e. The smallest absolute Gasteiger partial charge is 0.248 e. The van der Waals surface area contributed by atoms with Crippen molar-refractivity contribution in [2.24, 2.45) is 0 Å². The molecule has 0 radical (unpaired) electrons. The number of nitrogens with zero attached hydrogens (tertiary/aromatic N) is 2. The zero-order valence-corrected chi connectivity index (χ0v) is 11.7. The highest BCUT2D eigenvalue weighted by Gasteiger charge is 2.38. The Balaban J connectivity index is 2.20. The van der Waals surface area contributed by atoms with Crippen molar-refractivity contribution in [2.75, 3.05) is 0 Å². The maximum atomic E-state index is 12.9. The molecule has 6 heteroatoms. The zero-order chi connectivity index (χ0) is 14.4. The van der Waals surface area contributed by atoms with Crippen molar-refractivity contribution in [2.45, 2.75) is 18.1 Å². The molecule has 0 aromatic carbocycles. The van der Waals surface area contributed by atoms with Gasteiger partial charge in [-0.3, -0.25) is 0 Å². The Morgan fingerprint density at radius 1 is 1.35 bits per heavy atom. The normalized spacial score (nSPS) is 22.4. The number of rotatable bonds is 2. The summed E-state index contributed by atoms with van der Waals surface area (Å²) >= 11 is 0. The van der Waals surface area contributed by atoms with Crippen molar-refractivity contribution in [1.82, 2.24) is 3.97 Å². The highest BCUT2D eigenvalue weighted by Crippen LogP contribution is 2.30. The lowest BCUT2D eigenvalue weighted by Gasteiger charge is -2.27. The molecule has 104 valence electrons. The molecule has 0 bridgehead atoms. The van der Waals surface area contributed by atoms with E-state index in [4.69, 9.17) is 0 Å². The first-order valence-electron chi connectivity index (χ1n) is 6.23. The molecule has 1 atom stereocenters. The number of hydrogen-bond donors (Lipinski definition) is 0. The second-order valence-corrected chi connectivity index (χ2v) is 7.34. The van der Waals surface area contributed by atoms with Crippen LogP contribution in [-0.4, -0.2) is 17.1 Å². The number of hydrogen-bond acceptors (Lipinski definition) is 3. The summed E-state index contributed by atoms with van der Waals surface area (Å²) in [7, 11) is -3.59. The molecule has 1 aliphatic carbocycles. The molecule has 1 aliphatic rings. The highest BCUT2D eigenvalue weighted by molar-refractivity contribution is 7.91. The molecule has 0 spiro atoms. The predicted octanol–water partition coefficient (Wildman–Crippen LogP) is 1.73. The second kappa shape index (κ2) is 4.21. The summed E-state index contributed by atoms with van der Waals surface area (Å²) in [5.41, 5.74) is 0.515. The van der Waals surface area contributed by atoms with Crippen molar-refractivity contribution in [3.63, 3.8) is 0 Å². The Morgan fingerprint density at radius 2 is 2.15 bits per heavy atom. The van der Waals surface area contributed by atoms with Crippen LogP contribution in [0.5, 0.6) is 0 Å². The van der Waals surface area contributed by atoms with Gasteiger partial charge in [-0.1, -0.05) is 24.3 Å². The van der Waals surface area contributed by atoms with Crippen molar-refractivity contribution >= 4 is 20.9 Å². The van der Waals surface area contributed by atoms with Gasteiger partial charge in [0.1, 0.15) is 4.75 Å². The predicted molar refractivity (Wildman–Crippen MR) is 76.5 cm³/mol. The lowest BCUT2D eigenvalue weighted by atomic mass is 10.0. The van der Waals surface area contributed by atoms with Gasteiger partial charge in [-0.05, 0) is 19.4 Å². The van der Waals surface area contributed by atoms with E-state index in [-0.39, 0.29) is 0 Å². The van der Waals surface area contributed by atoms with Gasteiger partial charge in [0.05, 0.1) is 10.9 Å². The summed E-state index contributed by atoms with van der Waals surface area (Å²) in [4.78, 5) is 0. The molecule has 3 rings (SSSR count). The van der Waals surface area contributed by atoms with Crippen LogP contribution in [0.4, 0.5) is 0 Å². The third-order valence-corrected chi connectivity index (χ3v) is 5.95. The van der Waals surface area contributed by atoms with Crippen LogP contribution in [0.25, 0.3) is 10.9 Å². The third kappa shape index (κ3) is 1.76. The molecule has 2 aromatic rings. The Hall–Kier alpha value is -2.08. The Morgan fingerprint density at radius 3 is 2.85 bits per heavy atom. The van der Waals surface area contributed by atoms with E-state index in [2.05, 4.69) is 0 Å². The molecule has 0 fully saturated rings. The number of fused-ring (bicyclic) bond motifs is 1. The lowest BCUT2D eigenvalue weighted by Crippen LogP contribution is -2.37. The molecule has 5 nitrogen and oxygen atoms in total. The molecule has 2 heterocycles. The number of aromatic nitrogens is 2. The minimum absolute atomic E-state index is 0.430. The Bertz CT molecular complexity index is 833. The standard InChI is InChI=1S/C14H14N2O3S/c1-14(7-3-2-4-8-14)20(18,19)16-10-5-12-11-15(17)9-6-13(12)16/h2-7,9-11H,8H2,1H3. The number of pyridine rings is 1. The fraction of sp³-hybridized carbons (Fsp3) is 0.214. The first-order valence-corrected chi connectivity index (χ1v) is 7.67. The van der Waals surface area contributed by atoms with E-state index in [1.54, 1.807) is 25.1 Å². The van der Waals surface area contributed by atoms with E-state index in [0.717, 1.165) is 0 Å². The van der Waals surface area contributed by atoms with Gasteiger partial charge in [0.25, 0.3) is 0 Å². The minimum atomic E-state index is -3.59. The molecule has 1 unspecified atom stereocenters. The van der Waals surface area contributed by atoms with Gasteiger partial charge < -0.3 is 5.21 Å². The topological polar surface area (TPSA) is 66.0 Å². The van der Waals surface area contributed by atoms with Gasteiger partial charge in [0, 0.05) is 12.3 Å². The van der Waals surface area contributed by atoms with Crippen molar-refractivity contribution in [3.8, 4) is 0 Å². The molecular formula is C14H14N2O3S. The van der Waals surface area contributed by atoms with Crippen LogP contribution in [0.15, 0.2) is 55.0 Å². The molecule has 0 amide bonds. The lowest BCUT2D eigenvalue weighted by molar-refractivity contribution is -0.603. The maximum absolute atomic E-state index is 12.9. The molecule has 2 aromatic heterocycles. The Labute approximate surface area is 117 Å². The van der Waals surface area contributed by atoms with Gasteiger partial charge in [-0.15, -0.1) is 0 Å². The first kappa shape index (κ1) is 12.9. The summed E-state index contributed by atoms with van der Waals surface area (Å²) in [6, 6.07) is 3.15. The van der Waals surface area contributed by atoms with Crippen LogP contribution in [-0.2, 0) is 10.0 Å². The molecule has 0 aliphatic heterocycles. The second-order valence-electron chi connectivity index (χ2n) is 5.07. The van der Waals surface area contributed by atoms with E-state index in [0.29, 0.717) is 22.1 Å². The molecule has 0 saturated heterocycles. The SMILES string of the molecule is CC1(S(=O)(=O)n2ccc3c[n+]([O-])ccc32)C=CC=CC1. The maximum Gasteiger partial charge on any atom is 0.248 e. The molecular weight excluding hydrogens is 276 g/mol. The number of allylic oxidation sites excluding steroid dienone is 3. The van der Waals surface area contributed by atoms with E-state index in [9.17, 15) is 13.6 Å². The van der Waals surface area contributed by atoms with E-state index in [1.807, 2.05) is 12.2 Å². The van der Waals surface area contributed by atoms with Crippen LogP contribution < -0.4 is 4.73 Å². The average molecular weight is 290 g/mol. The highest BCUT2D eigenvalue weighted by atomic mass is 32.2. The average Bonchev–Trinajstić information content (AvgIpc) is 2.82. The molecule has 0 saturated carbocycles. The van der Waals surface area contributed by atoms with Crippen molar-refractivity contribution < 1.29 is 13.1 Å². The van der Waals surface area contributed by atoms with Gasteiger partial charge in [-0.25, -0.2) is 12.4 Å². The van der Waals surface area contributed by atoms with Crippen molar-refractivity contribution in [1.29, 1.82) is 0 Å². The van der Waals surface area contributed by atoms with Crippen LogP contribution in [0, 0.1) is 5.21 Å². The van der Waals surface area contributed by atoms with E-state index < -0.39 is 14.8 Å². The van der Waals surface area contributed by atoms with Crippen LogP contribution in [0.1, 0.15) is 13.3 Å². The van der Waals surface area contributed by atoms with Crippen molar-refractivity contribution in [3.05, 3.63) is 60.2 Å². The summed E-state index contributed by atoms with van der Waals surface area (Å²) in [5, 5.41) is 11.8. The van der Waals surface area contributed by atoms with E-state index in [1.165, 1.54) is 28.6 Å². The molecule has 20 heavy (non-hydrogen) atoms. The van der Waals surface area contributed by atoms with Crippen LogP contribution in [0.3, 0.4) is 0 Å². The fourth-order valence-corrected chi connectivity index (χ4v) is 4.03. The summed E-state index contributed by atoms with van der Waals surface area (Å²) in [6.45, 7) is 1.70. The first-order chi connectivity index (χ1) is 9.44. The summed E-state index contributed by atoms with van der Waals surface area (Å²) in [5.74, 6) is 0. The van der Waals surface area contributed by atoms with Gasteiger partial charge in [0.2, 0.25) is 10.0 Å². The van der Waals surface area contributed by atoms with Crippen LogP contribution >= 0.6 is 0 Å². The van der Waals surface area contributed by atoms with E-state index >= 15 is 0 Å². The van der Waals surface area contributed by atoms with Crippen LogP contribution in [0.2, 0.25) is 0 Å². The summed E-state index contributed by atoms with van der Waals surface area (Å²) in [6.07, 6.45) is 11.7. The summed E-state index contributed by atoms with van der Waals surface area (Å²) < 4.78 is 26.7. The van der Waals surface area contributed by atoms with Gasteiger partial charge in [-0.2, -0.15) is 4.73 Å². The monoisotopic (exact) mass is 290 g/mol.